The molecule has 1 fully saturated rings. The second-order valence-electron chi connectivity index (χ2n) is 5.26. The number of nitrogen functional groups attached to an aromatic ring is 1. The zero-order valence-electron chi connectivity index (χ0n) is 12.5. The average Bonchev–Trinajstić information content (AvgIpc) is 3.06. The van der Waals surface area contributed by atoms with Crippen molar-refractivity contribution in [2.75, 3.05) is 36.6 Å². The Hall–Kier alpha value is -2.71. The molecular weight excluding hydrogens is 294 g/mol. The highest BCUT2D eigenvalue weighted by Crippen LogP contribution is 2.23. The van der Waals surface area contributed by atoms with Crippen LogP contribution < -0.4 is 16.2 Å². The van der Waals surface area contributed by atoms with Gasteiger partial charge in [-0.1, -0.05) is 30.3 Å². The first-order valence-electron chi connectivity index (χ1n) is 7.48. The minimum atomic E-state index is 0.515. The Morgan fingerprint density at radius 1 is 1.09 bits per heavy atom. The molecule has 1 aliphatic heterocycles. The Kier molecular flexibility index (Phi) is 3.52. The number of nitrogens with one attached hydrogen (secondary N) is 1. The van der Waals surface area contributed by atoms with E-state index in [1.165, 1.54) is 0 Å². The van der Waals surface area contributed by atoms with Gasteiger partial charge in [-0.15, -0.1) is 5.10 Å². The fraction of sp³-hybridized carbons (Fsp3) is 0.267. The van der Waals surface area contributed by atoms with E-state index < -0.39 is 0 Å². The first-order valence-corrected chi connectivity index (χ1v) is 7.48. The molecule has 8 nitrogen and oxygen atoms in total. The summed E-state index contributed by atoms with van der Waals surface area (Å²) in [5.41, 5.74) is 3.55. The second-order valence-corrected chi connectivity index (χ2v) is 5.26. The number of hydrazine groups is 1. The lowest BCUT2D eigenvalue weighted by molar-refractivity contribution is 0.122. The number of hydrogen-bond acceptors (Lipinski definition) is 7. The third kappa shape index (κ3) is 2.58. The smallest absolute Gasteiger partial charge is 0.256 e. The van der Waals surface area contributed by atoms with E-state index in [4.69, 9.17) is 10.6 Å². The molecule has 0 radical (unpaired) electrons. The fourth-order valence-corrected chi connectivity index (χ4v) is 2.65. The summed E-state index contributed by atoms with van der Waals surface area (Å²) in [6, 6.07) is 11.7. The van der Waals surface area contributed by atoms with Gasteiger partial charge in [0.25, 0.3) is 5.78 Å². The van der Waals surface area contributed by atoms with E-state index >= 15 is 0 Å². The SMILES string of the molecule is NNc1cc(N2CCOCC2)n2nc(-c3ccccc3)nc2n1. The van der Waals surface area contributed by atoms with Crippen LogP contribution in [0.5, 0.6) is 0 Å². The monoisotopic (exact) mass is 311 g/mol. The molecular formula is C15H17N7O. The van der Waals surface area contributed by atoms with E-state index in [-0.39, 0.29) is 0 Å². The number of nitrogens with two attached hydrogens (primary N) is 1. The highest BCUT2D eigenvalue weighted by Gasteiger charge is 2.18. The number of morpholine rings is 1. The van der Waals surface area contributed by atoms with E-state index in [0.29, 0.717) is 30.6 Å². The molecule has 0 saturated carbocycles. The van der Waals surface area contributed by atoms with Gasteiger partial charge in [-0.05, 0) is 0 Å². The minimum absolute atomic E-state index is 0.515. The van der Waals surface area contributed by atoms with Crippen LogP contribution in [-0.4, -0.2) is 45.9 Å². The maximum absolute atomic E-state index is 5.54. The Morgan fingerprint density at radius 2 is 1.87 bits per heavy atom. The summed E-state index contributed by atoms with van der Waals surface area (Å²) in [6.45, 7) is 2.97. The number of nitrogens with zero attached hydrogens (tertiary/aromatic N) is 5. The fourth-order valence-electron chi connectivity index (χ4n) is 2.65. The molecule has 23 heavy (non-hydrogen) atoms. The van der Waals surface area contributed by atoms with Crippen molar-refractivity contribution in [1.82, 2.24) is 19.6 Å². The maximum Gasteiger partial charge on any atom is 0.256 e. The third-order valence-corrected chi connectivity index (χ3v) is 3.81. The minimum Gasteiger partial charge on any atom is -0.378 e. The summed E-state index contributed by atoms with van der Waals surface area (Å²) in [5.74, 6) is 8.16. The molecule has 8 heteroatoms. The number of fused-ring (bicyclic) bond motifs is 1. The van der Waals surface area contributed by atoms with Gasteiger partial charge in [0.1, 0.15) is 11.6 Å². The van der Waals surface area contributed by atoms with Crippen LogP contribution in [0.1, 0.15) is 0 Å². The second kappa shape index (κ2) is 5.82. The predicted octanol–water partition coefficient (Wildman–Crippen LogP) is 0.913. The van der Waals surface area contributed by atoms with Gasteiger partial charge in [-0.2, -0.15) is 14.5 Å². The number of ether oxygens (including phenoxy) is 1. The van der Waals surface area contributed by atoms with Gasteiger partial charge in [0.05, 0.1) is 13.2 Å². The van der Waals surface area contributed by atoms with E-state index in [1.807, 2.05) is 36.4 Å². The molecule has 0 bridgehead atoms. The summed E-state index contributed by atoms with van der Waals surface area (Å²) in [6.07, 6.45) is 0. The summed E-state index contributed by atoms with van der Waals surface area (Å²) >= 11 is 0. The molecule has 0 atom stereocenters. The van der Waals surface area contributed by atoms with E-state index in [9.17, 15) is 0 Å². The molecule has 1 aliphatic rings. The van der Waals surface area contributed by atoms with Gasteiger partial charge >= 0.3 is 0 Å². The van der Waals surface area contributed by atoms with Crippen LogP contribution in [0.2, 0.25) is 0 Å². The lowest BCUT2D eigenvalue weighted by atomic mass is 10.2. The Morgan fingerprint density at radius 3 is 2.61 bits per heavy atom. The molecule has 0 aliphatic carbocycles. The van der Waals surface area contributed by atoms with Crippen molar-refractivity contribution >= 4 is 17.4 Å². The van der Waals surface area contributed by atoms with E-state index in [1.54, 1.807) is 4.52 Å². The highest BCUT2D eigenvalue weighted by molar-refractivity contribution is 5.61. The number of benzene rings is 1. The van der Waals surface area contributed by atoms with Gasteiger partial charge in [0.2, 0.25) is 0 Å². The van der Waals surface area contributed by atoms with Crippen LogP contribution in [-0.2, 0) is 4.74 Å². The zero-order chi connectivity index (χ0) is 15.6. The van der Waals surface area contributed by atoms with Gasteiger partial charge in [0, 0.05) is 24.7 Å². The topological polar surface area (TPSA) is 93.6 Å². The maximum atomic E-state index is 5.54. The van der Waals surface area contributed by atoms with Crippen LogP contribution >= 0.6 is 0 Å². The number of hydrogen-bond donors (Lipinski definition) is 2. The van der Waals surface area contributed by atoms with Crippen molar-refractivity contribution in [1.29, 1.82) is 0 Å². The number of rotatable bonds is 3. The molecule has 4 rings (SSSR count). The lowest BCUT2D eigenvalue weighted by Crippen LogP contribution is -2.37. The number of anilines is 2. The Balaban J connectivity index is 1.85. The van der Waals surface area contributed by atoms with Crippen molar-refractivity contribution in [2.45, 2.75) is 0 Å². The number of aromatic nitrogens is 4. The molecule has 1 aromatic carbocycles. The average molecular weight is 311 g/mol. The quantitative estimate of drug-likeness (QED) is 0.548. The molecule has 0 amide bonds. The molecule has 3 heterocycles. The Bertz CT molecular complexity index is 811. The van der Waals surface area contributed by atoms with Crippen LogP contribution in [0.4, 0.5) is 11.6 Å². The molecule has 0 unspecified atom stereocenters. The predicted molar refractivity (Wildman–Crippen MR) is 87.1 cm³/mol. The van der Waals surface area contributed by atoms with Crippen molar-refractivity contribution in [2.24, 2.45) is 5.84 Å². The van der Waals surface area contributed by atoms with Gasteiger partial charge in [-0.3, -0.25) is 0 Å². The van der Waals surface area contributed by atoms with Gasteiger partial charge < -0.3 is 15.1 Å². The third-order valence-electron chi connectivity index (χ3n) is 3.81. The normalized spacial score (nSPS) is 15.1. The van der Waals surface area contributed by atoms with Crippen molar-refractivity contribution in [3.8, 4) is 11.4 Å². The summed E-state index contributed by atoms with van der Waals surface area (Å²) in [5, 5.41) is 4.63. The first-order chi connectivity index (χ1) is 11.3. The Labute approximate surface area is 132 Å². The molecule has 118 valence electrons. The van der Waals surface area contributed by atoms with Crippen LogP contribution in [0.15, 0.2) is 36.4 Å². The van der Waals surface area contributed by atoms with Crippen molar-refractivity contribution in [3.05, 3.63) is 36.4 Å². The molecule has 3 aromatic rings. The van der Waals surface area contributed by atoms with Gasteiger partial charge in [0.15, 0.2) is 5.82 Å². The van der Waals surface area contributed by atoms with Crippen LogP contribution in [0.3, 0.4) is 0 Å². The molecule has 1 saturated heterocycles. The van der Waals surface area contributed by atoms with Crippen molar-refractivity contribution in [3.63, 3.8) is 0 Å². The van der Waals surface area contributed by atoms with Crippen LogP contribution in [0, 0.1) is 0 Å². The highest BCUT2D eigenvalue weighted by atomic mass is 16.5. The van der Waals surface area contributed by atoms with E-state index in [0.717, 1.165) is 24.5 Å². The summed E-state index contributed by atoms with van der Waals surface area (Å²) < 4.78 is 7.18. The van der Waals surface area contributed by atoms with Crippen LogP contribution in [0.25, 0.3) is 17.2 Å². The standard InChI is InChI=1S/C15H17N7O/c16-19-12-10-13(21-6-8-23-9-7-21)22-15(17-12)18-14(20-22)11-4-2-1-3-5-11/h1-5,10H,6-9,16H2,(H,17,18,19,20). The lowest BCUT2D eigenvalue weighted by Gasteiger charge is -2.28. The zero-order valence-corrected chi connectivity index (χ0v) is 12.5. The molecule has 0 spiro atoms. The molecule has 2 aromatic heterocycles. The first kappa shape index (κ1) is 13.9. The van der Waals surface area contributed by atoms with E-state index in [2.05, 4.69) is 25.4 Å². The molecule has 3 N–H and O–H groups in total. The van der Waals surface area contributed by atoms with Crippen molar-refractivity contribution < 1.29 is 4.74 Å². The summed E-state index contributed by atoms with van der Waals surface area (Å²) in [4.78, 5) is 11.1. The largest absolute Gasteiger partial charge is 0.378 e. The summed E-state index contributed by atoms with van der Waals surface area (Å²) in [7, 11) is 0. The van der Waals surface area contributed by atoms with Gasteiger partial charge in [-0.25, -0.2) is 5.84 Å².